The molecule has 23 heavy (non-hydrogen) atoms. The first-order valence-corrected chi connectivity index (χ1v) is 8.38. The summed E-state index contributed by atoms with van der Waals surface area (Å²) in [4.78, 5) is 49.6. The molecular weight excluding hydrogens is 300 g/mol. The average Bonchev–Trinajstić information content (AvgIpc) is 2.87. The van der Waals surface area contributed by atoms with Crippen molar-refractivity contribution in [3.63, 3.8) is 0 Å². The van der Waals surface area contributed by atoms with Crippen LogP contribution in [0.4, 0.5) is 0 Å². The van der Waals surface area contributed by atoms with Gasteiger partial charge in [0.1, 0.15) is 6.42 Å². The third-order valence-electron chi connectivity index (χ3n) is 2.61. The molecule has 1 aliphatic heterocycles. The number of nitrogens with one attached hydrogen (secondary N) is 1. The molecule has 0 spiro atoms. The Labute approximate surface area is 138 Å². The van der Waals surface area contributed by atoms with Crippen molar-refractivity contribution in [3.05, 3.63) is 0 Å². The van der Waals surface area contributed by atoms with E-state index in [4.69, 9.17) is 0 Å². The molecule has 0 saturated carbocycles. The summed E-state index contributed by atoms with van der Waals surface area (Å²) < 4.78 is 0. The minimum Gasteiger partial charge on any atom is -0.356 e. The molecule has 1 rings (SSSR count). The van der Waals surface area contributed by atoms with E-state index in [1.54, 1.807) is 0 Å². The molecule has 134 valence electrons. The Hall–Kier alpha value is -1.92. The number of hydrogen-bond donors (Lipinski definition) is 1. The van der Waals surface area contributed by atoms with Crippen molar-refractivity contribution in [2.45, 2.75) is 73.1 Å². The first-order valence-electron chi connectivity index (χ1n) is 8.38. The standard InChI is InChI=1S/C12H18N2O5.2C2H6/c1-2-3-4-7-13-9(15)8-12(18)19-14-10(16)5-6-11(14)17;2*1-2/h2-8H2,1H3,(H,13,15);2*1-2H3. The van der Waals surface area contributed by atoms with Crippen LogP contribution in [0.25, 0.3) is 0 Å². The number of amides is 3. The van der Waals surface area contributed by atoms with Crippen LogP contribution < -0.4 is 5.32 Å². The number of hydrogen-bond acceptors (Lipinski definition) is 5. The van der Waals surface area contributed by atoms with Crippen molar-refractivity contribution in [2.24, 2.45) is 0 Å². The lowest BCUT2D eigenvalue weighted by atomic mass is 10.2. The lowest BCUT2D eigenvalue weighted by Gasteiger charge is -2.12. The molecule has 1 saturated heterocycles. The molecule has 0 unspecified atom stereocenters. The topological polar surface area (TPSA) is 92.8 Å². The smallest absolute Gasteiger partial charge is 0.342 e. The predicted molar refractivity (Wildman–Crippen MR) is 87.0 cm³/mol. The fraction of sp³-hybridized carbons (Fsp3) is 0.750. The Morgan fingerprint density at radius 2 is 1.57 bits per heavy atom. The van der Waals surface area contributed by atoms with Crippen molar-refractivity contribution < 1.29 is 24.0 Å². The van der Waals surface area contributed by atoms with Gasteiger partial charge in [0.2, 0.25) is 5.91 Å². The highest BCUT2D eigenvalue weighted by Gasteiger charge is 2.33. The molecule has 1 N–H and O–H groups in total. The van der Waals surface area contributed by atoms with Gasteiger partial charge >= 0.3 is 5.97 Å². The van der Waals surface area contributed by atoms with E-state index in [-0.39, 0.29) is 12.8 Å². The molecule has 0 bridgehead atoms. The van der Waals surface area contributed by atoms with Crippen molar-refractivity contribution in [2.75, 3.05) is 6.54 Å². The van der Waals surface area contributed by atoms with Gasteiger partial charge in [-0.1, -0.05) is 47.5 Å². The summed E-state index contributed by atoms with van der Waals surface area (Å²) in [6, 6.07) is 0. The van der Waals surface area contributed by atoms with Crippen molar-refractivity contribution in [3.8, 4) is 0 Å². The zero-order valence-corrected chi connectivity index (χ0v) is 14.9. The van der Waals surface area contributed by atoms with Crippen molar-refractivity contribution >= 4 is 23.7 Å². The van der Waals surface area contributed by atoms with Crippen molar-refractivity contribution in [1.82, 2.24) is 10.4 Å². The Kier molecular flexibility index (Phi) is 15.2. The second kappa shape index (κ2) is 15.0. The van der Waals surface area contributed by atoms with Gasteiger partial charge in [-0.05, 0) is 6.42 Å². The summed E-state index contributed by atoms with van der Waals surface area (Å²) in [7, 11) is 0. The van der Waals surface area contributed by atoms with E-state index in [1.807, 2.05) is 34.6 Å². The number of unbranched alkanes of at least 4 members (excludes halogenated alkanes) is 2. The van der Waals surface area contributed by atoms with Crippen LogP contribution >= 0.6 is 0 Å². The Bertz CT molecular complexity index is 367. The number of carbonyl (C=O) groups excluding carboxylic acids is 4. The van der Waals surface area contributed by atoms with Gasteiger partial charge in [-0.15, -0.1) is 5.06 Å². The highest BCUT2D eigenvalue weighted by Crippen LogP contribution is 2.12. The van der Waals surface area contributed by atoms with Gasteiger partial charge in [0.15, 0.2) is 0 Å². The summed E-state index contributed by atoms with van der Waals surface area (Å²) in [5.74, 6) is -2.49. The van der Waals surface area contributed by atoms with E-state index >= 15 is 0 Å². The SMILES string of the molecule is CC.CC.CCCCCNC(=O)CC(=O)ON1C(=O)CCC1=O. The largest absolute Gasteiger partial charge is 0.356 e. The zero-order valence-electron chi connectivity index (χ0n) is 14.9. The van der Waals surface area contributed by atoms with Crippen LogP contribution in [0, 0.1) is 0 Å². The van der Waals surface area contributed by atoms with E-state index in [0.29, 0.717) is 11.6 Å². The summed E-state index contributed by atoms with van der Waals surface area (Å²) in [6.45, 7) is 10.5. The molecule has 0 radical (unpaired) electrons. The van der Waals surface area contributed by atoms with Gasteiger partial charge in [0.25, 0.3) is 11.8 Å². The van der Waals surface area contributed by atoms with Crippen LogP contribution in [0.5, 0.6) is 0 Å². The molecular formula is C16H30N2O5. The van der Waals surface area contributed by atoms with Crippen LogP contribution in [0.1, 0.15) is 73.1 Å². The number of rotatable bonds is 7. The predicted octanol–water partition coefficient (Wildman–Crippen LogP) is 2.34. The lowest BCUT2D eigenvalue weighted by molar-refractivity contribution is -0.197. The maximum atomic E-state index is 11.4. The fourth-order valence-electron chi connectivity index (χ4n) is 1.59. The van der Waals surface area contributed by atoms with Gasteiger partial charge < -0.3 is 10.2 Å². The second-order valence-electron chi connectivity index (χ2n) is 4.28. The van der Waals surface area contributed by atoms with Crippen LogP contribution in [0.15, 0.2) is 0 Å². The fourth-order valence-corrected chi connectivity index (χ4v) is 1.59. The third kappa shape index (κ3) is 10.4. The molecule has 0 aliphatic carbocycles. The summed E-state index contributed by atoms with van der Waals surface area (Å²) in [6.07, 6.45) is 2.47. The highest BCUT2D eigenvalue weighted by molar-refractivity contribution is 6.02. The minimum atomic E-state index is -0.906. The summed E-state index contributed by atoms with van der Waals surface area (Å²) >= 11 is 0. The minimum absolute atomic E-state index is 0.0370. The summed E-state index contributed by atoms with van der Waals surface area (Å²) in [5.41, 5.74) is 0. The van der Waals surface area contributed by atoms with E-state index in [1.165, 1.54) is 0 Å². The van der Waals surface area contributed by atoms with E-state index in [9.17, 15) is 19.2 Å². The monoisotopic (exact) mass is 330 g/mol. The molecule has 1 fully saturated rings. The molecule has 0 aromatic rings. The number of imide groups is 1. The Balaban J connectivity index is 0. The van der Waals surface area contributed by atoms with Crippen LogP contribution in [0.3, 0.4) is 0 Å². The Morgan fingerprint density at radius 1 is 1.04 bits per heavy atom. The van der Waals surface area contributed by atoms with Gasteiger partial charge in [-0.25, -0.2) is 4.79 Å². The second-order valence-corrected chi connectivity index (χ2v) is 4.28. The number of hydroxylamine groups is 2. The van der Waals surface area contributed by atoms with Crippen molar-refractivity contribution in [1.29, 1.82) is 0 Å². The lowest BCUT2D eigenvalue weighted by Crippen LogP contribution is -2.34. The zero-order chi connectivity index (χ0) is 18.3. The van der Waals surface area contributed by atoms with E-state index in [2.05, 4.69) is 10.2 Å². The third-order valence-corrected chi connectivity index (χ3v) is 2.61. The molecule has 1 aliphatic rings. The molecule has 7 heteroatoms. The van der Waals surface area contributed by atoms with E-state index < -0.39 is 30.1 Å². The maximum absolute atomic E-state index is 11.4. The highest BCUT2D eigenvalue weighted by atomic mass is 16.7. The molecule has 0 aromatic heterocycles. The van der Waals surface area contributed by atoms with Gasteiger partial charge in [-0.3, -0.25) is 14.4 Å². The molecule has 0 aromatic carbocycles. The first-order chi connectivity index (χ1) is 11.0. The van der Waals surface area contributed by atoms with Crippen LogP contribution in [0.2, 0.25) is 0 Å². The quantitative estimate of drug-likeness (QED) is 0.439. The molecule has 7 nitrogen and oxygen atoms in total. The van der Waals surface area contributed by atoms with E-state index in [0.717, 1.165) is 19.3 Å². The molecule has 3 amide bonds. The first kappa shape index (κ1) is 23.3. The van der Waals surface area contributed by atoms with Crippen LogP contribution in [-0.2, 0) is 24.0 Å². The maximum Gasteiger partial charge on any atom is 0.342 e. The normalized spacial score (nSPS) is 12.7. The van der Waals surface area contributed by atoms with Crippen LogP contribution in [-0.4, -0.2) is 35.3 Å². The van der Waals surface area contributed by atoms with Gasteiger partial charge in [0.05, 0.1) is 0 Å². The van der Waals surface area contributed by atoms with Gasteiger partial charge in [-0.2, -0.15) is 0 Å². The molecule has 1 heterocycles. The summed E-state index contributed by atoms with van der Waals surface area (Å²) in [5, 5.41) is 3.00. The Morgan fingerprint density at radius 3 is 2.04 bits per heavy atom. The number of nitrogens with zero attached hydrogens (tertiary/aromatic N) is 1. The molecule has 0 atom stereocenters. The van der Waals surface area contributed by atoms with Gasteiger partial charge in [0, 0.05) is 19.4 Å². The number of carbonyl (C=O) groups is 4. The average molecular weight is 330 g/mol.